The van der Waals surface area contributed by atoms with E-state index >= 15 is 0 Å². The fourth-order valence-electron chi connectivity index (χ4n) is 2.18. The van der Waals surface area contributed by atoms with E-state index in [0.717, 1.165) is 21.3 Å². The molecule has 0 aromatic heterocycles. The van der Waals surface area contributed by atoms with Crippen LogP contribution in [0, 0.1) is 0 Å². The van der Waals surface area contributed by atoms with Crippen molar-refractivity contribution in [1.82, 2.24) is 5.43 Å². The second-order valence-corrected chi connectivity index (χ2v) is 5.94. The van der Waals surface area contributed by atoms with Crippen LogP contribution in [0.5, 0.6) is 5.75 Å². The molecule has 0 aliphatic heterocycles. The maximum absolute atomic E-state index is 6.03. The summed E-state index contributed by atoms with van der Waals surface area (Å²) in [6.07, 6.45) is 0.667. The number of hydrogen-bond donors (Lipinski definition) is 3. The smallest absolute Gasteiger partial charge is 0.119 e. The molecule has 2 rings (SSSR count). The number of ether oxygens (including phenoxy) is 1. The molecule has 4 nitrogen and oxygen atoms in total. The van der Waals surface area contributed by atoms with Crippen molar-refractivity contribution in [2.24, 2.45) is 5.84 Å². The highest BCUT2D eigenvalue weighted by Gasteiger charge is 2.16. The molecule has 0 aliphatic carbocycles. The van der Waals surface area contributed by atoms with Crippen LogP contribution in [0.15, 0.2) is 40.9 Å². The second-order valence-electron chi connectivity index (χ2n) is 4.65. The Hall–Kier alpha value is -1.27. The van der Waals surface area contributed by atoms with Crippen molar-refractivity contribution in [2.45, 2.75) is 12.5 Å². The minimum Gasteiger partial charge on any atom is -0.497 e. The predicted octanol–water partition coefficient (Wildman–Crippen LogP) is 3.44. The van der Waals surface area contributed by atoms with Gasteiger partial charge in [0.15, 0.2) is 0 Å². The third-order valence-electron chi connectivity index (χ3n) is 3.30. The predicted molar refractivity (Wildman–Crippen MR) is 90.3 cm³/mol. The zero-order chi connectivity index (χ0) is 15.4. The number of halogens is 2. The van der Waals surface area contributed by atoms with Gasteiger partial charge in [0.1, 0.15) is 5.75 Å². The van der Waals surface area contributed by atoms with E-state index in [0.29, 0.717) is 17.1 Å². The third-order valence-corrected chi connectivity index (χ3v) is 4.31. The average molecular weight is 371 g/mol. The maximum Gasteiger partial charge on any atom is 0.119 e. The maximum atomic E-state index is 6.03. The van der Waals surface area contributed by atoms with Crippen LogP contribution in [0.25, 0.3) is 0 Å². The molecular formula is C15H17BrClN3O. The molecule has 0 heterocycles. The van der Waals surface area contributed by atoms with E-state index in [2.05, 4.69) is 21.4 Å². The number of nitrogens with one attached hydrogen (secondary N) is 1. The molecule has 6 heteroatoms. The molecule has 0 bridgehead atoms. The summed E-state index contributed by atoms with van der Waals surface area (Å²) in [5.74, 6) is 6.49. The number of hydrogen-bond acceptors (Lipinski definition) is 4. The van der Waals surface area contributed by atoms with Gasteiger partial charge in [0.2, 0.25) is 0 Å². The Labute approximate surface area is 137 Å². The molecule has 0 radical (unpaired) electrons. The van der Waals surface area contributed by atoms with Gasteiger partial charge in [-0.05, 0) is 47.9 Å². The molecule has 2 aromatic rings. The van der Waals surface area contributed by atoms with Gasteiger partial charge in [-0.25, -0.2) is 0 Å². The number of benzene rings is 2. The molecule has 5 N–H and O–H groups in total. The Morgan fingerprint density at radius 3 is 2.67 bits per heavy atom. The molecule has 0 spiro atoms. The number of rotatable bonds is 5. The fourth-order valence-corrected chi connectivity index (χ4v) is 2.77. The summed E-state index contributed by atoms with van der Waals surface area (Å²) in [6.45, 7) is 0. The van der Waals surface area contributed by atoms with Crippen LogP contribution in [0.2, 0.25) is 5.02 Å². The summed E-state index contributed by atoms with van der Waals surface area (Å²) in [5, 5.41) is 0.606. The van der Waals surface area contributed by atoms with Crippen LogP contribution in [0.1, 0.15) is 17.2 Å². The normalized spacial score (nSPS) is 12.2. The zero-order valence-electron chi connectivity index (χ0n) is 11.6. The van der Waals surface area contributed by atoms with Crippen molar-refractivity contribution >= 4 is 33.2 Å². The van der Waals surface area contributed by atoms with Gasteiger partial charge in [-0.3, -0.25) is 11.3 Å². The van der Waals surface area contributed by atoms with E-state index in [1.54, 1.807) is 19.2 Å². The molecular weight excluding hydrogens is 354 g/mol. The molecule has 1 unspecified atom stereocenters. The van der Waals surface area contributed by atoms with E-state index in [-0.39, 0.29) is 6.04 Å². The van der Waals surface area contributed by atoms with Crippen LogP contribution >= 0.6 is 27.5 Å². The van der Waals surface area contributed by atoms with E-state index in [4.69, 9.17) is 27.9 Å². The van der Waals surface area contributed by atoms with Crippen LogP contribution < -0.4 is 21.7 Å². The number of hydrazine groups is 1. The number of methoxy groups -OCH3 is 1. The topological polar surface area (TPSA) is 73.3 Å². The highest BCUT2D eigenvalue weighted by atomic mass is 79.9. The van der Waals surface area contributed by atoms with E-state index in [9.17, 15) is 0 Å². The molecule has 0 saturated carbocycles. The summed E-state index contributed by atoms with van der Waals surface area (Å²) in [4.78, 5) is 0. The van der Waals surface area contributed by atoms with Crippen molar-refractivity contribution in [3.05, 3.63) is 57.0 Å². The second kappa shape index (κ2) is 7.13. The van der Waals surface area contributed by atoms with Gasteiger partial charge in [-0.15, -0.1) is 0 Å². The summed E-state index contributed by atoms with van der Waals surface area (Å²) in [7, 11) is 1.64. The fraction of sp³-hybridized carbons (Fsp3) is 0.200. The third kappa shape index (κ3) is 3.89. The lowest BCUT2D eigenvalue weighted by Gasteiger charge is -2.19. The van der Waals surface area contributed by atoms with Gasteiger partial charge in [0.25, 0.3) is 0 Å². The Balaban J connectivity index is 2.30. The molecule has 112 valence electrons. The van der Waals surface area contributed by atoms with Crippen molar-refractivity contribution < 1.29 is 4.74 Å². The number of nitrogens with two attached hydrogens (primary N) is 2. The molecule has 0 fully saturated rings. The molecule has 21 heavy (non-hydrogen) atoms. The van der Waals surface area contributed by atoms with Crippen LogP contribution in [-0.2, 0) is 6.42 Å². The molecule has 1 atom stereocenters. The van der Waals surface area contributed by atoms with Crippen LogP contribution in [-0.4, -0.2) is 7.11 Å². The van der Waals surface area contributed by atoms with Gasteiger partial charge >= 0.3 is 0 Å². The lowest BCUT2D eigenvalue weighted by molar-refractivity contribution is 0.413. The quantitative estimate of drug-likeness (QED) is 0.428. The van der Waals surface area contributed by atoms with Gasteiger partial charge in [0, 0.05) is 15.2 Å². The van der Waals surface area contributed by atoms with Gasteiger partial charge in [0.05, 0.1) is 13.2 Å². The summed E-state index contributed by atoms with van der Waals surface area (Å²) < 4.78 is 6.25. The van der Waals surface area contributed by atoms with Crippen molar-refractivity contribution in [1.29, 1.82) is 0 Å². The Bertz CT molecular complexity index is 636. The van der Waals surface area contributed by atoms with Gasteiger partial charge < -0.3 is 10.5 Å². The lowest BCUT2D eigenvalue weighted by atomic mass is 9.98. The van der Waals surface area contributed by atoms with E-state index < -0.39 is 0 Å². The van der Waals surface area contributed by atoms with Gasteiger partial charge in [-0.1, -0.05) is 33.6 Å². The Morgan fingerprint density at radius 2 is 2.05 bits per heavy atom. The monoisotopic (exact) mass is 369 g/mol. The first-order chi connectivity index (χ1) is 10.0. The van der Waals surface area contributed by atoms with E-state index in [1.165, 1.54) is 0 Å². The van der Waals surface area contributed by atoms with Crippen molar-refractivity contribution in [3.63, 3.8) is 0 Å². The SMILES string of the molecule is COc1ccc(Br)c(CC(NN)c2ccc(Cl)cc2N)c1. The van der Waals surface area contributed by atoms with Gasteiger partial charge in [-0.2, -0.15) is 0 Å². The molecule has 0 amide bonds. The van der Waals surface area contributed by atoms with Crippen LogP contribution in [0.4, 0.5) is 5.69 Å². The molecule has 2 aromatic carbocycles. The molecule has 0 aliphatic rings. The highest BCUT2D eigenvalue weighted by Crippen LogP contribution is 2.30. The number of nitrogen functional groups attached to an aromatic ring is 1. The first-order valence-electron chi connectivity index (χ1n) is 6.38. The summed E-state index contributed by atoms with van der Waals surface area (Å²) in [6, 6.07) is 11.1. The Kier molecular flexibility index (Phi) is 5.47. The summed E-state index contributed by atoms with van der Waals surface area (Å²) in [5.41, 5.74) is 11.4. The number of anilines is 1. The minimum atomic E-state index is -0.120. The largest absolute Gasteiger partial charge is 0.497 e. The van der Waals surface area contributed by atoms with Crippen molar-refractivity contribution in [3.8, 4) is 5.75 Å². The molecule has 0 saturated heterocycles. The lowest BCUT2D eigenvalue weighted by Crippen LogP contribution is -2.30. The average Bonchev–Trinajstić information content (AvgIpc) is 2.47. The standard InChI is InChI=1S/C15H17BrClN3O/c1-21-11-3-5-13(16)9(6-11)7-15(20-19)12-4-2-10(17)8-14(12)18/h2-6,8,15,20H,7,18-19H2,1H3. The first-order valence-corrected chi connectivity index (χ1v) is 7.55. The van der Waals surface area contributed by atoms with Crippen LogP contribution in [0.3, 0.4) is 0 Å². The summed E-state index contributed by atoms with van der Waals surface area (Å²) >= 11 is 9.48. The zero-order valence-corrected chi connectivity index (χ0v) is 13.9. The Morgan fingerprint density at radius 1 is 1.29 bits per heavy atom. The highest BCUT2D eigenvalue weighted by molar-refractivity contribution is 9.10. The van der Waals surface area contributed by atoms with Crippen molar-refractivity contribution in [2.75, 3.05) is 12.8 Å². The first kappa shape index (κ1) is 16.1. The minimum absolute atomic E-state index is 0.120. The van der Waals surface area contributed by atoms with E-state index in [1.807, 2.05) is 24.3 Å².